The fourth-order valence-corrected chi connectivity index (χ4v) is 2.84. The summed E-state index contributed by atoms with van der Waals surface area (Å²) in [6.45, 7) is 2.99. The molecule has 2 nitrogen and oxygen atoms in total. The number of piperidine rings is 1. The number of rotatable bonds is 2. The van der Waals surface area contributed by atoms with Crippen molar-refractivity contribution in [3.8, 4) is 0 Å². The van der Waals surface area contributed by atoms with Gasteiger partial charge in [0.15, 0.2) is 0 Å². The van der Waals surface area contributed by atoms with E-state index in [1.165, 1.54) is 10.6 Å². The number of carbonyl (C=O) groups is 1. The molecule has 1 aliphatic heterocycles. The van der Waals surface area contributed by atoms with Gasteiger partial charge in [0.2, 0.25) is 0 Å². The van der Waals surface area contributed by atoms with Crippen molar-refractivity contribution in [2.45, 2.75) is 30.7 Å². The van der Waals surface area contributed by atoms with Crippen LogP contribution in [0.3, 0.4) is 0 Å². The minimum Gasteiger partial charge on any atom is -0.367 e. The number of ketones is 1. The van der Waals surface area contributed by atoms with Crippen molar-refractivity contribution in [3.05, 3.63) is 24.3 Å². The Kier molecular flexibility index (Phi) is 3.54. The molecule has 1 atom stereocenters. The molecule has 2 rings (SSSR count). The van der Waals surface area contributed by atoms with Crippen LogP contribution >= 0.6 is 11.8 Å². The summed E-state index contributed by atoms with van der Waals surface area (Å²) in [6.07, 6.45) is 3.47. The molecule has 0 aromatic heterocycles. The summed E-state index contributed by atoms with van der Waals surface area (Å²) < 4.78 is 0. The van der Waals surface area contributed by atoms with Gasteiger partial charge in [-0.2, -0.15) is 0 Å². The van der Waals surface area contributed by atoms with E-state index in [2.05, 4.69) is 42.3 Å². The first-order valence-electron chi connectivity index (χ1n) is 5.63. The fourth-order valence-electron chi connectivity index (χ4n) is 2.23. The Bertz CT molecular complexity index is 391. The highest BCUT2D eigenvalue weighted by Gasteiger charge is 2.24. The van der Waals surface area contributed by atoms with Crippen molar-refractivity contribution in [1.82, 2.24) is 0 Å². The number of hydrogen-bond donors (Lipinski definition) is 0. The molecule has 0 amide bonds. The molecule has 0 radical (unpaired) electrons. The average molecular weight is 235 g/mol. The van der Waals surface area contributed by atoms with Crippen molar-refractivity contribution in [2.75, 3.05) is 17.7 Å². The van der Waals surface area contributed by atoms with Gasteiger partial charge in [-0.25, -0.2) is 0 Å². The van der Waals surface area contributed by atoms with Crippen molar-refractivity contribution in [1.29, 1.82) is 0 Å². The molecule has 1 fully saturated rings. The van der Waals surface area contributed by atoms with E-state index >= 15 is 0 Å². The van der Waals surface area contributed by atoms with Gasteiger partial charge in [0.1, 0.15) is 5.78 Å². The van der Waals surface area contributed by atoms with Crippen LogP contribution in [0.25, 0.3) is 0 Å². The maximum Gasteiger partial charge on any atom is 0.136 e. The molecule has 16 heavy (non-hydrogen) atoms. The van der Waals surface area contributed by atoms with Crippen molar-refractivity contribution >= 4 is 23.2 Å². The second-order valence-electron chi connectivity index (χ2n) is 4.21. The summed E-state index contributed by atoms with van der Waals surface area (Å²) in [7, 11) is 0. The third-order valence-electron chi connectivity index (χ3n) is 3.08. The monoisotopic (exact) mass is 235 g/mol. The van der Waals surface area contributed by atoms with E-state index in [1.807, 2.05) is 0 Å². The van der Waals surface area contributed by atoms with Gasteiger partial charge in [-0.3, -0.25) is 4.79 Å². The summed E-state index contributed by atoms with van der Waals surface area (Å²) in [5.41, 5.74) is 1.27. The highest BCUT2D eigenvalue weighted by atomic mass is 32.2. The Morgan fingerprint density at radius 3 is 2.81 bits per heavy atom. The molecule has 86 valence electrons. The van der Waals surface area contributed by atoms with Crippen molar-refractivity contribution < 1.29 is 4.79 Å². The van der Waals surface area contributed by atoms with Crippen LogP contribution in [0, 0.1) is 0 Å². The first-order valence-corrected chi connectivity index (χ1v) is 6.86. The third-order valence-corrected chi connectivity index (χ3v) is 3.87. The van der Waals surface area contributed by atoms with Gasteiger partial charge in [-0.05, 0) is 25.3 Å². The Balaban J connectivity index is 2.26. The van der Waals surface area contributed by atoms with Crippen molar-refractivity contribution in [2.24, 2.45) is 0 Å². The lowest BCUT2D eigenvalue weighted by Crippen LogP contribution is -2.41. The Morgan fingerprint density at radius 2 is 2.12 bits per heavy atom. The lowest BCUT2D eigenvalue weighted by atomic mass is 10.0. The SMILES string of the molecule is CSc1ccccc1N1CCC(=O)CC1C. The van der Waals surface area contributed by atoms with Crippen LogP contribution in [0.5, 0.6) is 0 Å². The molecule has 0 bridgehead atoms. The fraction of sp³-hybridized carbons (Fsp3) is 0.462. The highest BCUT2D eigenvalue weighted by Crippen LogP contribution is 2.31. The lowest BCUT2D eigenvalue weighted by molar-refractivity contribution is -0.120. The molecule has 0 spiro atoms. The van der Waals surface area contributed by atoms with E-state index in [-0.39, 0.29) is 0 Å². The minimum atomic E-state index is 0.328. The lowest BCUT2D eigenvalue weighted by Gasteiger charge is -2.35. The van der Waals surface area contributed by atoms with Crippen LogP contribution in [-0.4, -0.2) is 24.6 Å². The number of Topliss-reactive ketones (excluding diaryl/α,β-unsaturated/α-hetero) is 1. The highest BCUT2D eigenvalue weighted by molar-refractivity contribution is 7.98. The normalized spacial score (nSPS) is 21.2. The predicted octanol–water partition coefficient (Wildman–Crippen LogP) is 2.97. The molecule has 1 aliphatic rings. The minimum absolute atomic E-state index is 0.328. The molecular formula is C13H17NOS. The Hall–Kier alpha value is -0.960. The smallest absolute Gasteiger partial charge is 0.136 e. The van der Waals surface area contributed by atoms with Gasteiger partial charge in [0.25, 0.3) is 0 Å². The summed E-state index contributed by atoms with van der Waals surface area (Å²) in [5.74, 6) is 0.394. The van der Waals surface area contributed by atoms with Gasteiger partial charge in [0, 0.05) is 30.3 Å². The van der Waals surface area contributed by atoms with Crippen molar-refractivity contribution in [3.63, 3.8) is 0 Å². The molecule has 1 aromatic rings. The molecule has 3 heteroatoms. The number of hydrogen-bond acceptors (Lipinski definition) is 3. The Morgan fingerprint density at radius 1 is 1.38 bits per heavy atom. The molecule has 1 unspecified atom stereocenters. The first kappa shape index (κ1) is 11.5. The number of carbonyl (C=O) groups excluding carboxylic acids is 1. The van der Waals surface area contributed by atoms with E-state index in [1.54, 1.807) is 11.8 Å². The second-order valence-corrected chi connectivity index (χ2v) is 5.06. The van der Waals surface area contributed by atoms with Crippen LogP contribution in [0.2, 0.25) is 0 Å². The molecule has 1 aromatic carbocycles. The van der Waals surface area contributed by atoms with E-state index in [0.717, 1.165) is 6.54 Å². The van der Waals surface area contributed by atoms with Crippen LogP contribution in [0.1, 0.15) is 19.8 Å². The summed E-state index contributed by atoms with van der Waals surface area (Å²) in [5, 5.41) is 0. The van der Waals surface area contributed by atoms with Crippen LogP contribution in [0.4, 0.5) is 5.69 Å². The molecular weight excluding hydrogens is 218 g/mol. The largest absolute Gasteiger partial charge is 0.367 e. The van der Waals surface area contributed by atoms with E-state index in [0.29, 0.717) is 24.7 Å². The number of para-hydroxylation sites is 1. The Labute approximate surface area is 101 Å². The molecule has 0 N–H and O–H groups in total. The van der Waals surface area contributed by atoms with Gasteiger partial charge < -0.3 is 4.90 Å². The first-order chi connectivity index (χ1) is 7.72. The maximum atomic E-state index is 11.4. The molecule has 0 saturated carbocycles. The summed E-state index contributed by atoms with van der Waals surface area (Å²) >= 11 is 1.77. The van der Waals surface area contributed by atoms with Gasteiger partial charge in [-0.1, -0.05) is 12.1 Å². The predicted molar refractivity (Wildman–Crippen MR) is 69.3 cm³/mol. The summed E-state index contributed by atoms with van der Waals surface area (Å²) in [6, 6.07) is 8.75. The molecule has 1 saturated heterocycles. The quantitative estimate of drug-likeness (QED) is 0.735. The number of anilines is 1. The van der Waals surface area contributed by atoms with Crippen LogP contribution < -0.4 is 4.90 Å². The number of thioether (sulfide) groups is 1. The van der Waals surface area contributed by atoms with E-state index in [4.69, 9.17) is 0 Å². The van der Waals surface area contributed by atoms with Crippen LogP contribution in [0.15, 0.2) is 29.2 Å². The molecule has 0 aliphatic carbocycles. The van der Waals surface area contributed by atoms with E-state index in [9.17, 15) is 4.79 Å². The number of nitrogens with zero attached hydrogens (tertiary/aromatic N) is 1. The number of benzene rings is 1. The van der Waals surface area contributed by atoms with Crippen LogP contribution in [-0.2, 0) is 4.79 Å². The van der Waals surface area contributed by atoms with Gasteiger partial charge >= 0.3 is 0 Å². The van der Waals surface area contributed by atoms with Gasteiger partial charge in [0.05, 0.1) is 5.69 Å². The zero-order chi connectivity index (χ0) is 11.5. The maximum absolute atomic E-state index is 11.4. The topological polar surface area (TPSA) is 20.3 Å². The molecule has 1 heterocycles. The van der Waals surface area contributed by atoms with Gasteiger partial charge in [-0.15, -0.1) is 11.8 Å². The zero-order valence-corrected chi connectivity index (χ0v) is 10.6. The third kappa shape index (κ3) is 2.24. The summed E-state index contributed by atoms with van der Waals surface area (Å²) in [4.78, 5) is 15.0. The second kappa shape index (κ2) is 4.91. The standard InChI is InChI=1S/C13H17NOS/c1-10-9-11(15)7-8-14(10)12-5-3-4-6-13(12)16-2/h3-6,10H,7-9H2,1-2H3. The zero-order valence-electron chi connectivity index (χ0n) is 9.77. The average Bonchev–Trinajstić information content (AvgIpc) is 2.29. The van der Waals surface area contributed by atoms with E-state index < -0.39 is 0 Å².